The summed E-state index contributed by atoms with van der Waals surface area (Å²) in [5.74, 6) is 0. The topological polar surface area (TPSA) is 0 Å². The average Bonchev–Trinajstić information content (AvgIpc) is 1.31. The third kappa shape index (κ3) is 3.24. The van der Waals surface area contributed by atoms with Crippen LogP contribution in [0.25, 0.3) is 0 Å². The van der Waals surface area contributed by atoms with E-state index in [9.17, 15) is 8.78 Å². The van der Waals surface area contributed by atoms with Crippen LogP contribution in [0.15, 0.2) is 0 Å². The van der Waals surface area contributed by atoms with E-state index in [1.165, 1.54) is 16.2 Å². The van der Waals surface area contributed by atoms with E-state index in [2.05, 4.69) is 12.6 Å². The molecule has 7 heavy (non-hydrogen) atoms. The summed E-state index contributed by atoms with van der Waals surface area (Å²) in [5.41, 5.74) is -2.72. The first-order chi connectivity index (χ1) is 2.94. The van der Waals surface area contributed by atoms with E-state index in [1.807, 2.05) is 0 Å². The van der Waals surface area contributed by atoms with Crippen LogP contribution in [0.5, 0.6) is 0 Å². The van der Waals surface area contributed by atoms with Gasteiger partial charge in [-0.15, -0.1) is 0 Å². The van der Waals surface area contributed by atoms with Gasteiger partial charge in [0.15, 0.2) is 0 Å². The maximum atomic E-state index is 11.7. The summed E-state index contributed by atoms with van der Waals surface area (Å²) in [4.78, 5) is 0. The quantitative estimate of drug-likeness (QED) is 0.421. The third-order valence-corrected chi connectivity index (χ3v) is 1.68. The molecule has 0 saturated heterocycles. The Bertz CT molecular complexity index is 58.4. The Labute approximate surface area is 49.3 Å². The number of thiol groups is 1. The van der Waals surface area contributed by atoms with Gasteiger partial charge >= 0.3 is 0 Å². The zero-order chi connectivity index (χ0) is 6.08. The Kier molecular flexibility index (Phi) is 2.48. The van der Waals surface area contributed by atoms with Crippen LogP contribution in [0.2, 0.25) is 0 Å². The molecule has 0 aliphatic carbocycles. The molecular weight excluding hydrogens is 137 g/mol. The fraction of sp³-hybridized carbons (Fsp3) is 1.00. The summed E-state index contributed by atoms with van der Waals surface area (Å²) < 4.78 is 23.5. The highest BCUT2D eigenvalue weighted by atomic mass is 32.1. The first kappa shape index (κ1) is 7.64. The van der Waals surface area contributed by atoms with E-state index in [0.29, 0.717) is 0 Å². The van der Waals surface area contributed by atoms with Gasteiger partial charge in [-0.1, -0.05) is 9.24 Å². The summed E-state index contributed by atoms with van der Waals surface area (Å²) >= 11 is 3.51. The van der Waals surface area contributed by atoms with Crippen LogP contribution in [0.4, 0.5) is 8.78 Å². The summed E-state index contributed by atoms with van der Waals surface area (Å²) in [6.07, 6.45) is 0. The highest BCUT2D eigenvalue weighted by Crippen LogP contribution is 2.29. The van der Waals surface area contributed by atoms with Crippen molar-refractivity contribution in [3.63, 3.8) is 0 Å². The second kappa shape index (κ2) is 2.27. The molecule has 0 aromatic carbocycles. The summed E-state index contributed by atoms with van der Waals surface area (Å²) in [6.45, 7) is 1.34. The highest BCUT2D eigenvalue weighted by molar-refractivity contribution is 7.81. The van der Waals surface area contributed by atoms with Crippen molar-refractivity contribution in [2.45, 2.75) is 17.8 Å². The Balaban J connectivity index is 3.54. The van der Waals surface area contributed by atoms with Crippen LogP contribution < -0.4 is 0 Å². The van der Waals surface area contributed by atoms with Gasteiger partial charge in [-0.2, -0.15) is 12.6 Å². The standard InChI is InChI=1S/C3H7F2PS/c1-2(7)3(4,5)6/h2,7H,6H2,1H3. The van der Waals surface area contributed by atoms with Gasteiger partial charge in [-0.3, -0.25) is 0 Å². The van der Waals surface area contributed by atoms with Gasteiger partial charge in [0.2, 0.25) is 0 Å². The summed E-state index contributed by atoms with van der Waals surface area (Å²) in [5, 5.41) is -0.877. The number of hydrogen-bond acceptors (Lipinski definition) is 1. The fourth-order valence-electron chi connectivity index (χ4n) is 0. The van der Waals surface area contributed by atoms with Crippen molar-refractivity contribution in [2.75, 3.05) is 0 Å². The lowest BCUT2D eigenvalue weighted by Gasteiger charge is -2.11. The Hall–Kier alpha value is 0.640. The van der Waals surface area contributed by atoms with E-state index in [0.717, 1.165) is 0 Å². The second-order valence-electron chi connectivity index (χ2n) is 1.35. The van der Waals surface area contributed by atoms with Crippen molar-refractivity contribution in [3.8, 4) is 0 Å². The molecule has 2 unspecified atom stereocenters. The number of rotatable bonds is 1. The van der Waals surface area contributed by atoms with Gasteiger partial charge < -0.3 is 0 Å². The molecule has 0 aromatic rings. The molecule has 0 radical (unpaired) electrons. The van der Waals surface area contributed by atoms with Crippen LogP contribution in [0.1, 0.15) is 6.92 Å². The van der Waals surface area contributed by atoms with Gasteiger partial charge in [0.05, 0.1) is 5.25 Å². The Morgan fingerprint density at radius 2 is 1.86 bits per heavy atom. The Morgan fingerprint density at radius 1 is 1.71 bits per heavy atom. The van der Waals surface area contributed by atoms with Crippen LogP contribution in [0.3, 0.4) is 0 Å². The lowest BCUT2D eigenvalue weighted by atomic mass is 10.5. The van der Waals surface area contributed by atoms with E-state index in [4.69, 9.17) is 0 Å². The van der Waals surface area contributed by atoms with Crippen molar-refractivity contribution in [1.29, 1.82) is 0 Å². The van der Waals surface area contributed by atoms with Crippen LogP contribution in [-0.2, 0) is 0 Å². The minimum absolute atomic E-state index is 0.877. The largest absolute Gasteiger partial charge is 0.270 e. The van der Waals surface area contributed by atoms with Gasteiger partial charge in [0, 0.05) is 0 Å². The first-order valence-electron chi connectivity index (χ1n) is 1.79. The third-order valence-electron chi connectivity index (χ3n) is 0.557. The van der Waals surface area contributed by atoms with Crippen molar-refractivity contribution >= 4 is 21.9 Å². The summed E-state index contributed by atoms with van der Waals surface area (Å²) in [6, 6.07) is 0. The first-order valence-corrected chi connectivity index (χ1v) is 2.88. The predicted molar refractivity (Wildman–Crippen MR) is 33.1 cm³/mol. The van der Waals surface area contributed by atoms with Crippen molar-refractivity contribution in [3.05, 3.63) is 0 Å². The molecule has 44 valence electrons. The molecule has 0 bridgehead atoms. The molecule has 0 N–H and O–H groups in total. The normalized spacial score (nSPS) is 16.7. The van der Waals surface area contributed by atoms with Crippen LogP contribution in [-0.4, -0.2) is 10.9 Å². The minimum Gasteiger partial charge on any atom is -0.201 e. The number of alkyl halides is 2. The fourth-order valence-corrected chi connectivity index (χ4v) is 0. The molecule has 2 atom stereocenters. The minimum atomic E-state index is -2.72. The Morgan fingerprint density at radius 3 is 1.86 bits per heavy atom. The van der Waals surface area contributed by atoms with Gasteiger partial charge in [0.1, 0.15) is 0 Å². The smallest absolute Gasteiger partial charge is 0.201 e. The van der Waals surface area contributed by atoms with E-state index >= 15 is 0 Å². The molecule has 0 heterocycles. The van der Waals surface area contributed by atoms with E-state index < -0.39 is 10.9 Å². The molecule has 0 aliphatic heterocycles. The average molecular weight is 144 g/mol. The van der Waals surface area contributed by atoms with E-state index in [-0.39, 0.29) is 0 Å². The lowest BCUT2D eigenvalue weighted by molar-refractivity contribution is 0.107. The molecule has 0 saturated carbocycles. The molecule has 0 aliphatic rings. The molecule has 4 heteroatoms. The molecule has 0 aromatic heterocycles. The zero-order valence-corrected chi connectivity index (χ0v) is 5.91. The lowest BCUT2D eigenvalue weighted by Crippen LogP contribution is -2.16. The maximum absolute atomic E-state index is 11.7. The molecule has 0 fully saturated rings. The molecule has 0 rings (SSSR count). The number of hydrogen-bond donors (Lipinski definition) is 1. The SMILES string of the molecule is CC(S)C(F)(F)P. The zero-order valence-electron chi connectivity index (χ0n) is 3.86. The van der Waals surface area contributed by atoms with Gasteiger partial charge in [-0.05, 0) is 6.92 Å². The predicted octanol–water partition coefficient (Wildman–Crippen LogP) is 1.77. The van der Waals surface area contributed by atoms with E-state index in [1.54, 1.807) is 0 Å². The summed E-state index contributed by atoms with van der Waals surface area (Å²) in [7, 11) is 1.42. The molecular formula is C3H7F2PS. The van der Waals surface area contributed by atoms with Crippen LogP contribution >= 0.6 is 21.9 Å². The molecule has 0 spiro atoms. The second-order valence-corrected chi connectivity index (χ2v) is 2.89. The van der Waals surface area contributed by atoms with Crippen LogP contribution in [0, 0.1) is 0 Å². The maximum Gasteiger partial charge on any atom is 0.270 e. The van der Waals surface area contributed by atoms with Gasteiger partial charge in [-0.25, -0.2) is 8.78 Å². The van der Waals surface area contributed by atoms with Gasteiger partial charge in [0.25, 0.3) is 5.66 Å². The monoisotopic (exact) mass is 144 g/mol. The van der Waals surface area contributed by atoms with Crippen molar-refractivity contribution in [1.82, 2.24) is 0 Å². The molecule has 0 nitrogen and oxygen atoms in total. The van der Waals surface area contributed by atoms with Crippen molar-refractivity contribution < 1.29 is 8.78 Å². The molecule has 0 amide bonds. The van der Waals surface area contributed by atoms with Crippen molar-refractivity contribution in [2.24, 2.45) is 0 Å². The number of halogens is 2. The highest BCUT2D eigenvalue weighted by Gasteiger charge is 2.26.